The molecule has 0 atom stereocenters. The fourth-order valence-electron chi connectivity index (χ4n) is 4.48. The van der Waals surface area contributed by atoms with E-state index in [1.54, 1.807) is 6.07 Å². The molecule has 178 valence electrons. The molecule has 0 amide bonds. The van der Waals surface area contributed by atoms with Gasteiger partial charge in [0, 0.05) is 22.0 Å². The van der Waals surface area contributed by atoms with Gasteiger partial charge in [-0.1, -0.05) is 54.1 Å². The van der Waals surface area contributed by atoms with E-state index >= 15 is 0 Å². The number of hydrogen-bond donors (Lipinski definition) is 2. The number of rotatable bonds is 6. The van der Waals surface area contributed by atoms with Crippen LogP contribution in [0.15, 0.2) is 82.6 Å². The summed E-state index contributed by atoms with van der Waals surface area (Å²) in [5.41, 5.74) is 8.39. The van der Waals surface area contributed by atoms with E-state index < -0.39 is 15.7 Å². The maximum absolute atomic E-state index is 14.2. The summed E-state index contributed by atoms with van der Waals surface area (Å²) >= 11 is 5.97. The second-order valence-corrected chi connectivity index (χ2v) is 10.5. The Morgan fingerprint density at radius 3 is 2.49 bits per heavy atom. The van der Waals surface area contributed by atoms with Crippen molar-refractivity contribution in [2.24, 2.45) is 5.73 Å². The van der Waals surface area contributed by atoms with Crippen molar-refractivity contribution in [1.29, 1.82) is 0 Å². The van der Waals surface area contributed by atoms with Gasteiger partial charge in [-0.15, -0.1) is 0 Å². The van der Waals surface area contributed by atoms with E-state index in [-0.39, 0.29) is 14.8 Å². The number of nitrogens with two attached hydrogens (primary N) is 1. The van der Waals surface area contributed by atoms with Gasteiger partial charge in [0.05, 0.1) is 21.9 Å². The van der Waals surface area contributed by atoms with E-state index in [0.717, 1.165) is 28.5 Å². The van der Waals surface area contributed by atoms with Gasteiger partial charge in [0.15, 0.2) is 5.88 Å². The van der Waals surface area contributed by atoms with E-state index in [0.29, 0.717) is 40.9 Å². The lowest BCUT2D eigenvalue weighted by molar-refractivity contribution is 0.397. The van der Waals surface area contributed by atoms with Crippen molar-refractivity contribution < 1.29 is 17.5 Å². The molecule has 0 aliphatic rings. The summed E-state index contributed by atoms with van der Waals surface area (Å²) in [5.74, 6) is -0.236. The molecule has 1 heterocycles. The lowest BCUT2D eigenvalue weighted by Crippen LogP contribution is -2.08. The first kappa shape index (κ1) is 23.4. The molecule has 5 rings (SSSR count). The van der Waals surface area contributed by atoms with Gasteiger partial charge in [-0.25, -0.2) is 12.8 Å². The highest BCUT2D eigenvalue weighted by Crippen LogP contribution is 2.42. The van der Waals surface area contributed by atoms with Crippen molar-refractivity contribution in [3.63, 3.8) is 0 Å². The molecule has 0 unspecified atom stereocenters. The monoisotopic (exact) mass is 508 g/mol. The highest BCUT2D eigenvalue weighted by Gasteiger charge is 2.29. The highest BCUT2D eigenvalue weighted by molar-refractivity contribution is 7.92. The van der Waals surface area contributed by atoms with Crippen LogP contribution >= 0.6 is 11.6 Å². The molecule has 5 nitrogen and oxygen atoms in total. The number of H-pyrrole nitrogens is 1. The van der Waals surface area contributed by atoms with Crippen LogP contribution in [0.5, 0.6) is 5.88 Å². The minimum Gasteiger partial charge on any atom is -0.482 e. The molecule has 0 spiro atoms. The van der Waals surface area contributed by atoms with Crippen LogP contribution in [0.2, 0.25) is 5.02 Å². The van der Waals surface area contributed by atoms with E-state index in [2.05, 4.69) is 4.98 Å². The van der Waals surface area contributed by atoms with Crippen LogP contribution in [0, 0.1) is 5.82 Å². The fraction of sp³-hybridized carbons (Fsp3) is 0.111. The molecule has 3 N–H and O–H groups in total. The van der Waals surface area contributed by atoms with Crippen molar-refractivity contribution >= 4 is 43.1 Å². The summed E-state index contributed by atoms with van der Waals surface area (Å²) in [6.45, 7) is 0.297. The van der Waals surface area contributed by atoms with Crippen LogP contribution < -0.4 is 10.5 Å². The number of hydrogen-bond acceptors (Lipinski definition) is 4. The van der Waals surface area contributed by atoms with Crippen LogP contribution in [0.3, 0.4) is 0 Å². The quantitative estimate of drug-likeness (QED) is 0.270. The molecular formula is C27H22ClFN2O3S. The summed E-state index contributed by atoms with van der Waals surface area (Å²) in [5, 5.41) is 2.25. The van der Waals surface area contributed by atoms with Gasteiger partial charge in [-0.05, 0) is 59.6 Å². The first-order valence-electron chi connectivity index (χ1n) is 11.0. The first-order chi connectivity index (χ1) is 16.8. The molecule has 0 saturated carbocycles. The number of nitrogens with one attached hydrogen (secondary N) is 1. The normalized spacial score (nSPS) is 11.9. The van der Waals surface area contributed by atoms with Crippen LogP contribution in [-0.4, -0.2) is 27.1 Å². The Kier molecular flexibility index (Phi) is 6.01. The Bertz CT molecular complexity index is 1700. The standard InChI is InChI=1S/C27H22ClFN2O3S/c1-34-27-21(12-13-30)25-24(31-27)11-9-20(18-7-6-16-4-2-3-5-17(16)14-18)26(25)35(32,33)19-8-10-23(29)22(28)15-19/h2-11,14-15,31H,12-13,30H2,1H3. The molecule has 8 heteroatoms. The predicted molar refractivity (Wildman–Crippen MR) is 137 cm³/mol. The zero-order valence-corrected chi connectivity index (χ0v) is 20.4. The smallest absolute Gasteiger partial charge is 0.207 e. The van der Waals surface area contributed by atoms with Crippen molar-refractivity contribution in [2.75, 3.05) is 13.7 Å². The average Bonchev–Trinajstić information content (AvgIpc) is 3.22. The van der Waals surface area contributed by atoms with E-state index in [1.807, 2.05) is 48.5 Å². The molecular weight excluding hydrogens is 487 g/mol. The lowest BCUT2D eigenvalue weighted by atomic mass is 9.98. The average molecular weight is 509 g/mol. The summed E-state index contributed by atoms with van der Waals surface area (Å²) in [7, 11) is -2.62. The van der Waals surface area contributed by atoms with Gasteiger partial charge >= 0.3 is 0 Å². The van der Waals surface area contributed by atoms with E-state index in [1.165, 1.54) is 13.2 Å². The second kappa shape index (κ2) is 9.00. The van der Waals surface area contributed by atoms with Crippen LogP contribution in [0.4, 0.5) is 4.39 Å². The summed E-state index contributed by atoms with van der Waals surface area (Å²) in [4.78, 5) is 3.16. The summed E-state index contributed by atoms with van der Waals surface area (Å²) in [6, 6.07) is 20.7. The fourth-order valence-corrected chi connectivity index (χ4v) is 6.46. The SMILES string of the molecule is COc1[nH]c2ccc(-c3ccc4ccccc4c3)c(S(=O)(=O)c3ccc(F)c(Cl)c3)c2c1CCN. The second-order valence-electron chi connectivity index (χ2n) is 8.18. The molecule has 0 bridgehead atoms. The summed E-state index contributed by atoms with van der Waals surface area (Å²) < 4.78 is 47.7. The zero-order valence-electron chi connectivity index (χ0n) is 18.8. The lowest BCUT2D eigenvalue weighted by Gasteiger charge is -2.15. The Balaban J connectivity index is 1.89. The van der Waals surface area contributed by atoms with Crippen LogP contribution in [-0.2, 0) is 16.3 Å². The topological polar surface area (TPSA) is 85.2 Å². The molecule has 0 fully saturated rings. The number of benzene rings is 4. The number of aromatic amines is 1. The van der Waals surface area contributed by atoms with Gasteiger partial charge < -0.3 is 15.5 Å². The summed E-state index contributed by atoms with van der Waals surface area (Å²) in [6.07, 6.45) is 0.400. The van der Waals surface area contributed by atoms with Crippen LogP contribution in [0.1, 0.15) is 5.56 Å². The first-order valence-corrected chi connectivity index (χ1v) is 12.8. The number of halogens is 2. The van der Waals surface area contributed by atoms with E-state index in [4.69, 9.17) is 22.1 Å². The van der Waals surface area contributed by atoms with Gasteiger partial charge in [0.2, 0.25) is 9.84 Å². The molecule has 4 aromatic carbocycles. The highest BCUT2D eigenvalue weighted by atomic mass is 35.5. The third kappa shape index (κ3) is 3.95. The molecule has 0 aliphatic carbocycles. The van der Waals surface area contributed by atoms with Crippen LogP contribution in [0.25, 0.3) is 32.8 Å². The van der Waals surface area contributed by atoms with E-state index in [9.17, 15) is 12.8 Å². The minimum atomic E-state index is -4.14. The van der Waals surface area contributed by atoms with Crippen molar-refractivity contribution in [3.8, 4) is 17.0 Å². The zero-order chi connectivity index (χ0) is 24.7. The van der Waals surface area contributed by atoms with Gasteiger partial charge in [0.1, 0.15) is 5.82 Å². The Hall–Kier alpha value is -3.39. The molecule has 0 aliphatic heterocycles. The Labute approximate surface area is 207 Å². The maximum Gasteiger partial charge on any atom is 0.207 e. The van der Waals surface area contributed by atoms with Gasteiger partial charge in [-0.2, -0.15) is 0 Å². The van der Waals surface area contributed by atoms with Gasteiger partial charge in [-0.3, -0.25) is 0 Å². The molecule has 0 saturated heterocycles. The Morgan fingerprint density at radius 1 is 1.00 bits per heavy atom. The number of aromatic nitrogens is 1. The third-order valence-electron chi connectivity index (χ3n) is 6.11. The molecule has 0 radical (unpaired) electrons. The largest absolute Gasteiger partial charge is 0.482 e. The van der Waals surface area contributed by atoms with Gasteiger partial charge in [0.25, 0.3) is 0 Å². The predicted octanol–water partition coefficient (Wildman–Crippen LogP) is 6.12. The Morgan fingerprint density at radius 2 is 1.77 bits per heavy atom. The number of sulfone groups is 1. The minimum absolute atomic E-state index is 0.0935. The number of fused-ring (bicyclic) bond motifs is 2. The third-order valence-corrected chi connectivity index (χ3v) is 8.24. The van der Waals surface area contributed by atoms with Crippen molar-refractivity contribution in [2.45, 2.75) is 16.2 Å². The van der Waals surface area contributed by atoms with Crippen molar-refractivity contribution in [3.05, 3.63) is 89.2 Å². The molecule has 1 aromatic heterocycles. The number of ether oxygens (including phenoxy) is 1. The molecule has 5 aromatic rings. The van der Waals surface area contributed by atoms with Crippen molar-refractivity contribution in [1.82, 2.24) is 4.98 Å². The number of methoxy groups -OCH3 is 1. The molecule has 35 heavy (non-hydrogen) atoms. The maximum atomic E-state index is 14.2.